The van der Waals surface area contributed by atoms with Crippen molar-refractivity contribution < 1.29 is 9.53 Å². The second-order valence-electron chi connectivity index (χ2n) is 7.80. The number of pyridine rings is 1. The Morgan fingerprint density at radius 1 is 1.21 bits per heavy atom. The summed E-state index contributed by atoms with van der Waals surface area (Å²) in [6.45, 7) is 9.18. The van der Waals surface area contributed by atoms with Gasteiger partial charge in [-0.05, 0) is 37.1 Å². The average molecular weight is 397 g/mol. The molecule has 0 atom stereocenters. The Kier molecular flexibility index (Phi) is 4.26. The summed E-state index contributed by atoms with van der Waals surface area (Å²) in [5, 5.41) is 1.10. The van der Waals surface area contributed by atoms with Gasteiger partial charge in [0.1, 0.15) is 9.71 Å². The number of aromatic nitrogens is 2. The van der Waals surface area contributed by atoms with Crippen molar-refractivity contribution in [3.05, 3.63) is 45.7 Å². The minimum absolute atomic E-state index is 0.0773. The second kappa shape index (κ2) is 6.69. The fourth-order valence-corrected chi connectivity index (χ4v) is 5.57. The predicted molar refractivity (Wildman–Crippen MR) is 110 cm³/mol. The van der Waals surface area contributed by atoms with Crippen LogP contribution in [0.2, 0.25) is 0 Å². The highest BCUT2D eigenvalue weighted by Gasteiger charge is 2.29. The number of hydrogen-bond acceptors (Lipinski definition) is 5. The molecule has 0 radical (unpaired) electrons. The van der Waals surface area contributed by atoms with Gasteiger partial charge in [-0.3, -0.25) is 9.69 Å². The summed E-state index contributed by atoms with van der Waals surface area (Å²) in [6, 6.07) is 4.35. The van der Waals surface area contributed by atoms with E-state index in [2.05, 4.69) is 34.7 Å². The number of thiophene rings is 1. The highest BCUT2D eigenvalue weighted by Crippen LogP contribution is 2.39. The van der Waals surface area contributed by atoms with Crippen LogP contribution >= 0.6 is 11.3 Å². The lowest BCUT2D eigenvalue weighted by Gasteiger charge is -2.26. The van der Waals surface area contributed by atoms with Crippen LogP contribution in [0.5, 0.6) is 0 Å². The lowest BCUT2D eigenvalue weighted by molar-refractivity contribution is 0.0342. The molecule has 146 valence electrons. The van der Waals surface area contributed by atoms with Crippen LogP contribution in [0, 0.1) is 13.8 Å². The van der Waals surface area contributed by atoms with Gasteiger partial charge in [0.05, 0.1) is 25.4 Å². The summed E-state index contributed by atoms with van der Waals surface area (Å²) in [5.74, 6) is 0.0773. The van der Waals surface area contributed by atoms with Gasteiger partial charge in [0.2, 0.25) is 0 Å². The van der Waals surface area contributed by atoms with Gasteiger partial charge in [-0.15, -0.1) is 11.3 Å². The summed E-state index contributed by atoms with van der Waals surface area (Å²) in [5.41, 5.74) is 5.59. The molecule has 6 nitrogen and oxygen atoms in total. The van der Waals surface area contributed by atoms with E-state index in [0.29, 0.717) is 6.54 Å². The largest absolute Gasteiger partial charge is 0.379 e. The second-order valence-corrected chi connectivity index (χ2v) is 8.80. The first kappa shape index (κ1) is 17.8. The molecule has 5 heterocycles. The van der Waals surface area contributed by atoms with Crippen LogP contribution in [-0.4, -0.2) is 58.6 Å². The molecule has 1 amide bonds. The zero-order valence-electron chi connectivity index (χ0n) is 16.5. The summed E-state index contributed by atoms with van der Waals surface area (Å²) >= 11 is 1.51. The van der Waals surface area contributed by atoms with Crippen LogP contribution in [0.3, 0.4) is 0 Å². The van der Waals surface area contributed by atoms with Crippen LogP contribution in [0.1, 0.15) is 32.2 Å². The van der Waals surface area contributed by atoms with E-state index >= 15 is 0 Å². The van der Waals surface area contributed by atoms with Crippen molar-refractivity contribution in [3.63, 3.8) is 0 Å². The van der Waals surface area contributed by atoms with Gasteiger partial charge in [0.25, 0.3) is 5.91 Å². The van der Waals surface area contributed by atoms with Crippen molar-refractivity contribution in [2.24, 2.45) is 0 Å². The van der Waals surface area contributed by atoms with E-state index in [1.807, 2.05) is 18.9 Å². The van der Waals surface area contributed by atoms with Crippen LogP contribution in [0.15, 0.2) is 18.3 Å². The minimum atomic E-state index is 0.0773. The lowest BCUT2D eigenvalue weighted by Crippen LogP contribution is -2.35. The maximum Gasteiger partial charge on any atom is 0.266 e. The average Bonchev–Trinajstić information content (AvgIpc) is 3.20. The number of morpholine rings is 1. The van der Waals surface area contributed by atoms with Gasteiger partial charge >= 0.3 is 0 Å². The monoisotopic (exact) mass is 396 g/mol. The van der Waals surface area contributed by atoms with Crippen molar-refractivity contribution in [2.45, 2.75) is 26.9 Å². The maximum atomic E-state index is 13.0. The predicted octanol–water partition coefficient (Wildman–Crippen LogP) is 3.12. The first-order valence-corrected chi connectivity index (χ1v) is 10.5. The van der Waals surface area contributed by atoms with E-state index in [1.165, 1.54) is 22.5 Å². The number of carbonyl (C=O) groups is 1. The molecule has 3 aromatic heterocycles. The molecule has 28 heavy (non-hydrogen) atoms. The van der Waals surface area contributed by atoms with E-state index in [9.17, 15) is 4.79 Å². The van der Waals surface area contributed by atoms with E-state index in [1.54, 1.807) is 0 Å². The number of ether oxygens (including phenoxy) is 1. The molecule has 0 aliphatic carbocycles. The van der Waals surface area contributed by atoms with Crippen LogP contribution < -0.4 is 0 Å². The Bertz CT molecular complexity index is 1080. The van der Waals surface area contributed by atoms with E-state index in [0.717, 1.165) is 65.0 Å². The van der Waals surface area contributed by atoms with Crippen molar-refractivity contribution in [3.8, 4) is 5.69 Å². The fourth-order valence-electron chi connectivity index (χ4n) is 4.29. The number of nitrogens with zero attached hydrogens (tertiary/aromatic N) is 4. The van der Waals surface area contributed by atoms with Crippen LogP contribution in [0.4, 0.5) is 0 Å². The van der Waals surface area contributed by atoms with Crippen molar-refractivity contribution in [1.82, 2.24) is 19.4 Å². The molecule has 7 heteroatoms. The number of rotatable bonds is 2. The molecule has 0 unspecified atom stereocenters. The molecule has 3 aromatic rings. The van der Waals surface area contributed by atoms with Crippen molar-refractivity contribution in [2.75, 3.05) is 33.4 Å². The van der Waals surface area contributed by atoms with Gasteiger partial charge in [-0.25, -0.2) is 4.98 Å². The molecule has 0 aromatic carbocycles. The Balaban J connectivity index is 1.66. The van der Waals surface area contributed by atoms with Crippen LogP contribution in [0.25, 0.3) is 15.9 Å². The number of fused-ring (bicyclic) bond motifs is 5. The molecular weight excluding hydrogens is 372 g/mol. The SMILES string of the molecule is Cc1cc(C)c2c3c(sc2n1)C(=O)N(C)Cc1cc(CN2CCOCC2)cn1-3. The van der Waals surface area contributed by atoms with Gasteiger partial charge < -0.3 is 14.2 Å². The Labute approximate surface area is 168 Å². The Morgan fingerprint density at radius 3 is 2.79 bits per heavy atom. The number of aryl methyl sites for hydroxylation is 2. The molecule has 5 rings (SSSR count). The third-order valence-electron chi connectivity index (χ3n) is 5.61. The first-order valence-electron chi connectivity index (χ1n) is 9.68. The topological polar surface area (TPSA) is 50.6 Å². The third kappa shape index (κ3) is 2.85. The summed E-state index contributed by atoms with van der Waals surface area (Å²) in [6.07, 6.45) is 2.21. The lowest BCUT2D eigenvalue weighted by atomic mass is 10.1. The molecule has 1 fully saturated rings. The number of amides is 1. The van der Waals surface area contributed by atoms with E-state index in [-0.39, 0.29) is 5.91 Å². The van der Waals surface area contributed by atoms with E-state index in [4.69, 9.17) is 9.72 Å². The van der Waals surface area contributed by atoms with Gasteiger partial charge in [0.15, 0.2) is 0 Å². The zero-order valence-corrected chi connectivity index (χ0v) is 17.3. The highest BCUT2D eigenvalue weighted by molar-refractivity contribution is 7.21. The quantitative estimate of drug-likeness (QED) is 0.668. The molecule has 0 saturated carbocycles. The normalized spacial score (nSPS) is 17.7. The molecule has 2 aliphatic rings. The van der Waals surface area contributed by atoms with Crippen molar-refractivity contribution in [1.29, 1.82) is 0 Å². The smallest absolute Gasteiger partial charge is 0.266 e. The van der Waals surface area contributed by atoms with Gasteiger partial charge in [-0.1, -0.05) is 0 Å². The van der Waals surface area contributed by atoms with Gasteiger partial charge in [-0.2, -0.15) is 0 Å². The number of carbonyl (C=O) groups excluding carboxylic acids is 1. The Hall–Kier alpha value is -2.22. The highest BCUT2D eigenvalue weighted by atomic mass is 32.1. The number of hydrogen-bond donors (Lipinski definition) is 0. The van der Waals surface area contributed by atoms with Gasteiger partial charge in [0, 0.05) is 49.7 Å². The summed E-state index contributed by atoms with van der Waals surface area (Å²) in [7, 11) is 1.88. The molecule has 2 aliphatic heterocycles. The zero-order chi connectivity index (χ0) is 19.4. The molecule has 0 spiro atoms. The molecule has 0 bridgehead atoms. The Morgan fingerprint density at radius 2 is 2.00 bits per heavy atom. The standard InChI is InChI=1S/C21H24N4O2S/c1-13-8-14(2)22-20-17(13)18-19(28-20)21(26)23(3)12-16-9-15(11-25(16)18)10-24-4-6-27-7-5-24/h8-9,11H,4-7,10,12H2,1-3H3. The first-order chi connectivity index (χ1) is 13.5. The molecule has 0 N–H and O–H groups in total. The minimum Gasteiger partial charge on any atom is -0.379 e. The summed E-state index contributed by atoms with van der Waals surface area (Å²) < 4.78 is 7.70. The fraction of sp³-hybridized carbons (Fsp3) is 0.429. The maximum absolute atomic E-state index is 13.0. The molecule has 1 saturated heterocycles. The molecular formula is C21H24N4O2S. The van der Waals surface area contributed by atoms with Crippen molar-refractivity contribution >= 4 is 27.5 Å². The van der Waals surface area contributed by atoms with E-state index < -0.39 is 0 Å². The van der Waals surface area contributed by atoms with Crippen LogP contribution in [-0.2, 0) is 17.8 Å². The third-order valence-corrected chi connectivity index (χ3v) is 6.67. The summed E-state index contributed by atoms with van der Waals surface area (Å²) in [4.78, 5) is 23.7.